The molecule has 0 saturated carbocycles. The molecule has 1 aliphatic rings. The first-order valence-corrected chi connectivity index (χ1v) is 8.31. The van der Waals surface area contributed by atoms with Gasteiger partial charge in [0.25, 0.3) is 0 Å². The summed E-state index contributed by atoms with van der Waals surface area (Å²) in [4.78, 5) is 11.2. The summed E-state index contributed by atoms with van der Waals surface area (Å²) in [6.07, 6.45) is 3.69. The largest absolute Gasteiger partial charge is 0.298 e. The van der Waals surface area contributed by atoms with Gasteiger partial charge >= 0.3 is 0 Å². The van der Waals surface area contributed by atoms with E-state index >= 15 is 0 Å². The Morgan fingerprint density at radius 3 is 2.37 bits per heavy atom. The van der Waals surface area contributed by atoms with E-state index < -0.39 is 9.84 Å². The average Bonchev–Trinajstić information content (AvgIpc) is 2.72. The van der Waals surface area contributed by atoms with Crippen LogP contribution in [0.1, 0.15) is 55.6 Å². The molecule has 2 rings (SSSR count). The van der Waals surface area contributed by atoms with Gasteiger partial charge in [-0.05, 0) is 33.6 Å². The van der Waals surface area contributed by atoms with Crippen molar-refractivity contribution in [2.75, 3.05) is 11.5 Å². The summed E-state index contributed by atoms with van der Waals surface area (Å²) in [5.74, 6) is 0.462. The van der Waals surface area contributed by atoms with Crippen LogP contribution in [-0.2, 0) is 15.4 Å². The predicted molar refractivity (Wildman–Crippen MR) is 73.2 cm³/mol. The van der Waals surface area contributed by atoms with E-state index in [9.17, 15) is 13.2 Å². The smallest absolute Gasteiger partial charge is 0.153 e. The predicted octanol–water partition coefficient (Wildman–Crippen LogP) is 1.74. The molecule has 1 saturated heterocycles. The minimum absolute atomic E-state index is 0.0762. The number of aldehydes is 1. The van der Waals surface area contributed by atoms with Gasteiger partial charge in [-0.1, -0.05) is 0 Å². The SMILES string of the molecule is CC(C)(C)n1cc(C=O)c(C2CCS(=O)(=O)CC2)n1. The van der Waals surface area contributed by atoms with Crippen LogP contribution in [0.25, 0.3) is 0 Å². The van der Waals surface area contributed by atoms with Crippen molar-refractivity contribution in [3.63, 3.8) is 0 Å². The number of carbonyl (C=O) groups excluding carboxylic acids is 1. The summed E-state index contributed by atoms with van der Waals surface area (Å²) in [5, 5.41) is 4.51. The number of nitrogens with zero attached hydrogens (tertiary/aromatic N) is 2. The van der Waals surface area contributed by atoms with Crippen LogP contribution >= 0.6 is 0 Å². The molecule has 5 nitrogen and oxygen atoms in total. The fourth-order valence-electron chi connectivity index (χ4n) is 2.32. The molecular formula is C13H20N2O3S. The highest BCUT2D eigenvalue weighted by atomic mass is 32.2. The molecule has 19 heavy (non-hydrogen) atoms. The highest BCUT2D eigenvalue weighted by Gasteiger charge is 2.29. The Hall–Kier alpha value is -1.17. The van der Waals surface area contributed by atoms with Crippen LogP contribution in [0, 0.1) is 0 Å². The Morgan fingerprint density at radius 2 is 1.89 bits per heavy atom. The average molecular weight is 284 g/mol. The van der Waals surface area contributed by atoms with E-state index in [2.05, 4.69) is 5.10 Å². The highest BCUT2D eigenvalue weighted by molar-refractivity contribution is 7.91. The summed E-state index contributed by atoms with van der Waals surface area (Å²) < 4.78 is 24.7. The molecule has 0 atom stereocenters. The van der Waals surface area contributed by atoms with E-state index in [1.165, 1.54) is 0 Å². The van der Waals surface area contributed by atoms with Gasteiger partial charge < -0.3 is 0 Å². The van der Waals surface area contributed by atoms with E-state index in [0.717, 1.165) is 12.0 Å². The zero-order chi connectivity index (χ0) is 14.3. The topological polar surface area (TPSA) is 69.0 Å². The zero-order valence-corrected chi connectivity index (χ0v) is 12.4. The van der Waals surface area contributed by atoms with Gasteiger partial charge in [-0.25, -0.2) is 8.42 Å². The molecule has 0 N–H and O–H groups in total. The molecule has 6 heteroatoms. The van der Waals surface area contributed by atoms with Crippen LogP contribution in [-0.4, -0.2) is 36.0 Å². The summed E-state index contributed by atoms with van der Waals surface area (Å²) in [7, 11) is -2.89. The molecule has 2 heterocycles. The molecule has 0 spiro atoms. The minimum atomic E-state index is -2.89. The number of aromatic nitrogens is 2. The Morgan fingerprint density at radius 1 is 1.32 bits per heavy atom. The van der Waals surface area contributed by atoms with E-state index in [4.69, 9.17) is 0 Å². The standard InChI is InChI=1S/C13H20N2O3S/c1-13(2,3)15-8-11(9-16)12(14-15)10-4-6-19(17,18)7-5-10/h8-10H,4-7H2,1-3H3. The Bertz CT molecular complexity index is 568. The van der Waals surface area contributed by atoms with Crippen LogP contribution < -0.4 is 0 Å². The van der Waals surface area contributed by atoms with Gasteiger partial charge in [0, 0.05) is 12.1 Å². The van der Waals surface area contributed by atoms with Crippen LogP contribution in [0.4, 0.5) is 0 Å². The number of sulfone groups is 1. The lowest BCUT2D eigenvalue weighted by Gasteiger charge is -2.22. The first-order chi connectivity index (χ1) is 8.73. The monoisotopic (exact) mass is 284 g/mol. The summed E-state index contributed by atoms with van der Waals surface area (Å²) in [6.45, 7) is 6.05. The van der Waals surface area contributed by atoms with Gasteiger partial charge in [0.1, 0.15) is 9.84 Å². The van der Waals surface area contributed by atoms with Crippen molar-refractivity contribution < 1.29 is 13.2 Å². The van der Waals surface area contributed by atoms with E-state index in [1.54, 1.807) is 10.9 Å². The summed E-state index contributed by atoms with van der Waals surface area (Å²) >= 11 is 0. The van der Waals surface area contributed by atoms with Gasteiger partial charge in [0.15, 0.2) is 6.29 Å². The third-order valence-corrected chi connectivity index (χ3v) is 5.24. The van der Waals surface area contributed by atoms with Crippen LogP contribution in [0.5, 0.6) is 0 Å². The van der Waals surface area contributed by atoms with Crippen molar-refractivity contribution in [3.05, 3.63) is 17.5 Å². The maximum Gasteiger partial charge on any atom is 0.153 e. The molecular weight excluding hydrogens is 264 g/mol. The quantitative estimate of drug-likeness (QED) is 0.776. The molecule has 0 aromatic carbocycles. The second-order valence-corrected chi connectivity index (χ2v) is 8.43. The second-order valence-electron chi connectivity index (χ2n) is 6.13. The maximum atomic E-state index is 11.5. The van der Waals surface area contributed by atoms with Gasteiger partial charge in [-0.3, -0.25) is 9.48 Å². The van der Waals surface area contributed by atoms with Gasteiger partial charge in [-0.2, -0.15) is 5.10 Å². The van der Waals surface area contributed by atoms with Crippen LogP contribution in [0.3, 0.4) is 0 Å². The first kappa shape index (κ1) is 14.2. The highest BCUT2D eigenvalue weighted by Crippen LogP contribution is 2.30. The van der Waals surface area contributed by atoms with Crippen molar-refractivity contribution in [1.29, 1.82) is 0 Å². The third-order valence-electron chi connectivity index (χ3n) is 3.53. The lowest BCUT2D eigenvalue weighted by molar-refractivity contribution is 0.112. The lowest BCUT2D eigenvalue weighted by Crippen LogP contribution is -2.24. The van der Waals surface area contributed by atoms with Gasteiger partial charge in [-0.15, -0.1) is 0 Å². The normalized spacial score (nSPS) is 20.4. The Kier molecular flexibility index (Phi) is 3.55. The lowest BCUT2D eigenvalue weighted by atomic mass is 9.96. The van der Waals surface area contributed by atoms with Crippen molar-refractivity contribution in [3.8, 4) is 0 Å². The van der Waals surface area contributed by atoms with Crippen molar-refractivity contribution in [2.24, 2.45) is 0 Å². The second kappa shape index (κ2) is 4.74. The van der Waals surface area contributed by atoms with Crippen molar-refractivity contribution >= 4 is 16.1 Å². The number of hydrogen-bond acceptors (Lipinski definition) is 4. The number of hydrogen-bond donors (Lipinski definition) is 0. The molecule has 1 aromatic heterocycles. The van der Waals surface area contributed by atoms with Crippen LogP contribution in [0.15, 0.2) is 6.20 Å². The Balaban J connectivity index is 2.30. The molecule has 106 valence electrons. The van der Waals surface area contributed by atoms with Gasteiger partial charge in [0.05, 0.1) is 28.3 Å². The zero-order valence-electron chi connectivity index (χ0n) is 11.6. The molecule has 1 fully saturated rings. The molecule has 1 aliphatic heterocycles. The molecule has 1 aromatic rings. The molecule has 0 bridgehead atoms. The third kappa shape index (κ3) is 3.05. The summed E-state index contributed by atoms with van der Waals surface area (Å²) in [6, 6.07) is 0. The fourth-order valence-corrected chi connectivity index (χ4v) is 3.81. The Labute approximate surface area is 113 Å². The van der Waals surface area contributed by atoms with Crippen LogP contribution in [0.2, 0.25) is 0 Å². The fraction of sp³-hybridized carbons (Fsp3) is 0.692. The molecule has 0 amide bonds. The first-order valence-electron chi connectivity index (χ1n) is 6.48. The number of rotatable bonds is 2. The molecule has 0 unspecified atom stereocenters. The van der Waals surface area contributed by atoms with E-state index in [1.807, 2.05) is 20.8 Å². The minimum Gasteiger partial charge on any atom is -0.298 e. The van der Waals surface area contributed by atoms with E-state index in [0.29, 0.717) is 18.4 Å². The van der Waals surface area contributed by atoms with Gasteiger partial charge in [0.2, 0.25) is 0 Å². The molecule has 0 aliphatic carbocycles. The summed E-state index contributed by atoms with van der Waals surface area (Å²) in [5.41, 5.74) is 1.15. The maximum absolute atomic E-state index is 11.5. The van der Waals surface area contributed by atoms with E-state index in [-0.39, 0.29) is 23.0 Å². The molecule has 0 radical (unpaired) electrons. The van der Waals surface area contributed by atoms with Crippen molar-refractivity contribution in [2.45, 2.75) is 45.1 Å². The van der Waals surface area contributed by atoms with Crippen molar-refractivity contribution in [1.82, 2.24) is 9.78 Å². The number of carbonyl (C=O) groups is 1.